The SMILES string of the molecule is CCOC(=O)CCC(=O)Nc1ccc(N(C)C)c(C(=O)N[C@@H](C)c2ccccc2)c1. The molecule has 0 saturated carbocycles. The van der Waals surface area contributed by atoms with Gasteiger partial charge < -0.3 is 20.3 Å². The third kappa shape index (κ3) is 6.62. The monoisotopic (exact) mass is 411 g/mol. The van der Waals surface area contributed by atoms with Gasteiger partial charge in [-0.1, -0.05) is 30.3 Å². The predicted molar refractivity (Wildman–Crippen MR) is 118 cm³/mol. The van der Waals surface area contributed by atoms with Crippen molar-refractivity contribution in [3.05, 3.63) is 59.7 Å². The van der Waals surface area contributed by atoms with Crippen molar-refractivity contribution in [2.45, 2.75) is 32.7 Å². The number of carbonyl (C=O) groups is 3. The molecule has 0 aliphatic heterocycles. The fourth-order valence-electron chi connectivity index (χ4n) is 2.96. The van der Waals surface area contributed by atoms with Crippen LogP contribution in [0, 0.1) is 0 Å². The van der Waals surface area contributed by atoms with Crippen molar-refractivity contribution in [2.24, 2.45) is 0 Å². The normalized spacial score (nSPS) is 11.3. The van der Waals surface area contributed by atoms with Crippen LogP contribution in [0.3, 0.4) is 0 Å². The molecule has 2 amide bonds. The first-order chi connectivity index (χ1) is 14.3. The van der Waals surface area contributed by atoms with E-state index in [2.05, 4.69) is 10.6 Å². The molecule has 0 unspecified atom stereocenters. The summed E-state index contributed by atoms with van der Waals surface area (Å²) in [6, 6.07) is 14.7. The summed E-state index contributed by atoms with van der Waals surface area (Å²) in [5.74, 6) is -0.965. The molecule has 0 bridgehead atoms. The van der Waals surface area contributed by atoms with Gasteiger partial charge >= 0.3 is 5.97 Å². The first-order valence-electron chi connectivity index (χ1n) is 9.94. The summed E-state index contributed by atoms with van der Waals surface area (Å²) in [7, 11) is 3.70. The Morgan fingerprint density at radius 1 is 1.03 bits per heavy atom. The molecule has 0 aromatic heterocycles. The largest absolute Gasteiger partial charge is 0.466 e. The molecule has 2 aromatic rings. The van der Waals surface area contributed by atoms with Crippen molar-refractivity contribution in [3.63, 3.8) is 0 Å². The molecular formula is C23H29N3O4. The van der Waals surface area contributed by atoms with Gasteiger partial charge in [0.1, 0.15) is 0 Å². The Bertz CT molecular complexity index is 881. The molecule has 1 atom stereocenters. The quantitative estimate of drug-likeness (QED) is 0.617. The summed E-state index contributed by atoms with van der Waals surface area (Å²) in [6.45, 7) is 3.92. The highest BCUT2D eigenvalue weighted by Crippen LogP contribution is 2.24. The van der Waals surface area contributed by atoms with Gasteiger partial charge in [-0.3, -0.25) is 14.4 Å². The number of esters is 1. The number of carbonyl (C=O) groups excluding carboxylic acids is 3. The van der Waals surface area contributed by atoms with Crippen LogP contribution >= 0.6 is 0 Å². The summed E-state index contributed by atoms with van der Waals surface area (Å²) in [5, 5.41) is 5.74. The second kappa shape index (κ2) is 11.0. The van der Waals surface area contributed by atoms with Gasteiger partial charge in [-0.05, 0) is 37.6 Å². The lowest BCUT2D eigenvalue weighted by atomic mass is 10.1. The molecule has 2 N–H and O–H groups in total. The maximum absolute atomic E-state index is 13.0. The van der Waals surface area contributed by atoms with Crippen LogP contribution in [0.5, 0.6) is 0 Å². The van der Waals surface area contributed by atoms with Gasteiger partial charge in [0, 0.05) is 31.9 Å². The summed E-state index contributed by atoms with van der Waals surface area (Å²) in [4.78, 5) is 38.4. The summed E-state index contributed by atoms with van der Waals surface area (Å²) in [5.41, 5.74) is 2.68. The first kappa shape index (κ1) is 22.9. The number of ether oxygens (including phenoxy) is 1. The molecule has 0 fully saturated rings. The van der Waals surface area contributed by atoms with Crippen LogP contribution in [0.2, 0.25) is 0 Å². The van der Waals surface area contributed by atoms with Crippen LogP contribution in [0.1, 0.15) is 48.7 Å². The van der Waals surface area contributed by atoms with Crippen LogP contribution in [0.25, 0.3) is 0 Å². The smallest absolute Gasteiger partial charge is 0.306 e. The van der Waals surface area contributed by atoms with Gasteiger partial charge in [0.15, 0.2) is 0 Å². The molecular weight excluding hydrogens is 382 g/mol. The van der Waals surface area contributed by atoms with Crippen LogP contribution in [0.15, 0.2) is 48.5 Å². The van der Waals surface area contributed by atoms with Crippen molar-refractivity contribution >= 4 is 29.2 Å². The number of anilines is 2. The third-order valence-electron chi connectivity index (χ3n) is 4.52. The number of nitrogens with one attached hydrogen (secondary N) is 2. The number of amides is 2. The molecule has 7 nitrogen and oxygen atoms in total. The standard InChI is InChI=1S/C23H29N3O4/c1-5-30-22(28)14-13-21(27)25-18-11-12-20(26(3)4)19(15-18)23(29)24-16(2)17-9-7-6-8-10-17/h6-12,15-16H,5,13-14H2,1-4H3,(H,24,29)(H,25,27)/t16-/m0/s1. The molecule has 0 aliphatic rings. The maximum Gasteiger partial charge on any atom is 0.306 e. The van der Waals surface area contributed by atoms with Gasteiger partial charge in [-0.15, -0.1) is 0 Å². The lowest BCUT2D eigenvalue weighted by Crippen LogP contribution is -2.28. The molecule has 0 heterocycles. The van der Waals surface area contributed by atoms with Crippen molar-refractivity contribution in [1.82, 2.24) is 5.32 Å². The minimum atomic E-state index is -0.412. The maximum atomic E-state index is 13.0. The van der Waals surface area contributed by atoms with Crippen molar-refractivity contribution in [3.8, 4) is 0 Å². The highest BCUT2D eigenvalue weighted by molar-refractivity contribution is 6.02. The Labute approximate surface area is 177 Å². The molecule has 2 aromatic carbocycles. The van der Waals surface area contributed by atoms with E-state index in [4.69, 9.17) is 4.74 Å². The molecule has 0 saturated heterocycles. The molecule has 30 heavy (non-hydrogen) atoms. The van der Waals surface area contributed by atoms with E-state index in [1.807, 2.05) is 56.3 Å². The Morgan fingerprint density at radius 2 is 1.73 bits per heavy atom. The second-order valence-corrected chi connectivity index (χ2v) is 7.09. The van der Waals surface area contributed by atoms with E-state index in [1.54, 1.807) is 25.1 Å². The first-order valence-corrected chi connectivity index (χ1v) is 9.94. The van der Waals surface area contributed by atoms with Crippen LogP contribution in [-0.2, 0) is 14.3 Å². The number of hydrogen-bond acceptors (Lipinski definition) is 5. The van der Waals surface area contributed by atoms with Gasteiger partial charge in [0.2, 0.25) is 5.91 Å². The Kier molecular flexibility index (Phi) is 8.41. The fourth-order valence-corrected chi connectivity index (χ4v) is 2.96. The third-order valence-corrected chi connectivity index (χ3v) is 4.52. The van der Waals surface area contributed by atoms with E-state index in [0.717, 1.165) is 11.3 Å². The topological polar surface area (TPSA) is 87.7 Å². The zero-order chi connectivity index (χ0) is 22.1. The van der Waals surface area contributed by atoms with Gasteiger partial charge in [-0.25, -0.2) is 0 Å². The number of benzene rings is 2. The van der Waals surface area contributed by atoms with E-state index < -0.39 is 5.97 Å². The summed E-state index contributed by atoms with van der Waals surface area (Å²) in [6.07, 6.45) is 0.0260. The minimum Gasteiger partial charge on any atom is -0.466 e. The van der Waals surface area contributed by atoms with E-state index in [0.29, 0.717) is 11.3 Å². The fraction of sp³-hybridized carbons (Fsp3) is 0.348. The molecule has 0 radical (unpaired) electrons. The van der Waals surface area contributed by atoms with Crippen LogP contribution in [-0.4, -0.2) is 38.5 Å². The average Bonchev–Trinajstić information content (AvgIpc) is 2.72. The molecule has 2 rings (SSSR count). The molecule has 0 aliphatic carbocycles. The lowest BCUT2D eigenvalue weighted by molar-refractivity contribution is -0.144. The van der Waals surface area contributed by atoms with Gasteiger partial charge in [0.05, 0.1) is 24.6 Å². The zero-order valence-electron chi connectivity index (χ0n) is 17.9. The predicted octanol–water partition coefficient (Wildman–Crippen LogP) is 3.53. The van der Waals surface area contributed by atoms with Crippen molar-refractivity contribution in [2.75, 3.05) is 30.9 Å². The summed E-state index contributed by atoms with van der Waals surface area (Å²) < 4.78 is 4.83. The number of hydrogen-bond donors (Lipinski definition) is 2. The number of rotatable bonds is 9. The van der Waals surface area contributed by atoms with Gasteiger partial charge in [-0.2, -0.15) is 0 Å². The van der Waals surface area contributed by atoms with Crippen LogP contribution < -0.4 is 15.5 Å². The molecule has 160 valence electrons. The van der Waals surface area contributed by atoms with Crippen molar-refractivity contribution in [1.29, 1.82) is 0 Å². The Morgan fingerprint density at radius 3 is 2.37 bits per heavy atom. The molecule has 0 spiro atoms. The highest BCUT2D eigenvalue weighted by atomic mass is 16.5. The van der Waals surface area contributed by atoms with Gasteiger partial charge in [0.25, 0.3) is 5.91 Å². The van der Waals surface area contributed by atoms with Crippen LogP contribution in [0.4, 0.5) is 11.4 Å². The lowest BCUT2D eigenvalue weighted by Gasteiger charge is -2.20. The summed E-state index contributed by atoms with van der Waals surface area (Å²) >= 11 is 0. The van der Waals surface area contributed by atoms with E-state index in [9.17, 15) is 14.4 Å². The zero-order valence-corrected chi connectivity index (χ0v) is 17.9. The van der Waals surface area contributed by atoms with E-state index >= 15 is 0 Å². The minimum absolute atomic E-state index is 0.0113. The van der Waals surface area contributed by atoms with Crippen molar-refractivity contribution < 1.29 is 19.1 Å². The molecule has 7 heteroatoms. The van der Waals surface area contributed by atoms with E-state index in [-0.39, 0.29) is 37.3 Å². The second-order valence-electron chi connectivity index (χ2n) is 7.09. The van der Waals surface area contributed by atoms with E-state index in [1.165, 1.54) is 0 Å². The highest BCUT2D eigenvalue weighted by Gasteiger charge is 2.17. The Hall–Kier alpha value is -3.35. The number of nitrogens with zero attached hydrogens (tertiary/aromatic N) is 1. The Balaban J connectivity index is 2.12. The average molecular weight is 412 g/mol.